The van der Waals surface area contributed by atoms with Gasteiger partial charge in [-0.1, -0.05) is 36.4 Å². The Morgan fingerprint density at radius 1 is 0.625 bits per heavy atom. The van der Waals surface area contributed by atoms with Crippen molar-refractivity contribution in [1.82, 2.24) is 21.3 Å². The molecule has 0 aliphatic carbocycles. The number of ether oxygens (including phenoxy) is 2. The fourth-order valence-corrected chi connectivity index (χ4v) is 3.96. The molecule has 0 bridgehead atoms. The molecule has 3 rings (SSSR count). The number of rotatable bonds is 4. The van der Waals surface area contributed by atoms with Crippen LogP contribution in [0.1, 0.15) is 37.1 Å². The largest absolute Gasteiger partial charge is 0.496 e. The van der Waals surface area contributed by atoms with Crippen molar-refractivity contribution in [1.29, 1.82) is 0 Å². The summed E-state index contributed by atoms with van der Waals surface area (Å²) >= 11 is 0. The molecule has 2 aromatic carbocycles. The lowest BCUT2D eigenvalue weighted by Gasteiger charge is -2.23. The van der Waals surface area contributed by atoms with Gasteiger partial charge < -0.3 is 30.7 Å². The predicted octanol–water partition coefficient (Wildman–Crippen LogP) is 3.67. The summed E-state index contributed by atoms with van der Waals surface area (Å²) in [5.74, 6) is 1.78. The van der Waals surface area contributed by atoms with E-state index in [1.54, 1.807) is 14.2 Å². The smallest absolute Gasteiger partial charge is 0.123 e. The van der Waals surface area contributed by atoms with Crippen molar-refractivity contribution in [2.24, 2.45) is 0 Å². The van der Waals surface area contributed by atoms with Crippen LogP contribution in [0.2, 0.25) is 0 Å². The van der Waals surface area contributed by atoms with Crippen LogP contribution in [0, 0.1) is 0 Å². The van der Waals surface area contributed by atoms with Crippen molar-refractivity contribution < 1.29 is 9.47 Å². The van der Waals surface area contributed by atoms with E-state index in [4.69, 9.17) is 9.47 Å². The normalized spacial score (nSPS) is 23.9. The van der Waals surface area contributed by atoms with E-state index in [-0.39, 0.29) is 12.1 Å². The molecule has 2 aromatic rings. The van der Waals surface area contributed by atoms with E-state index >= 15 is 0 Å². The Morgan fingerprint density at radius 2 is 1.03 bits per heavy atom. The van der Waals surface area contributed by atoms with Gasteiger partial charge in [0.05, 0.1) is 26.3 Å². The average molecular weight is 437 g/mol. The summed E-state index contributed by atoms with van der Waals surface area (Å²) in [7, 11) is 3.44. The molecule has 0 fully saturated rings. The fraction of sp³-hybridized carbons (Fsp3) is 0.385. The Bertz CT molecular complexity index is 850. The molecule has 1 aliphatic rings. The van der Waals surface area contributed by atoms with Gasteiger partial charge in [0.2, 0.25) is 0 Å². The molecule has 0 saturated carbocycles. The number of benzene rings is 2. The minimum atomic E-state index is 0.0574. The van der Waals surface area contributed by atoms with Gasteiger partial charge in [0, 0.05) is 48.7 Å². The summed E-state index contributed by atoms with van der Waals surface area (Å²) in [6, 6.07) is 16.5. The first-order valence-electron chi connectivity index (χ1n) is 11.2. The molecular formula is C26H36N4O2. The molecule has 6 heteroatoms. The predicted molar refractivity (Wildman–Crippen MR) is 131 cm³/mol. The summed E-state index contributed by atoms with van der Waals surface area (Å²) in [4.78, 5) is 0. The van der Waals surface area contributed by atoms with Crippen molar-refractivity contribution in [2.75, 3.05) is 40.4 Å². The van der Waals surface area contributed by atoms with E-state index in [1.807, 2.05) is 24.3 Å². The van der Waals surface area contributed by atoms with Gasteiger partial charge in [-0.3, -0.25) is 0 Å². The third kappa shape index (κ3) is 6.52. The van der Waals surface area contributed by atoms with Gasteiger partial charge in [-0.15, -0.1) is 0 Å². The van der Waals surface area contributed by atoms with E-state index in [0.29, 0.717) is 0 Å². The maximum absolute atomic E-state index is 5.60. The second-order valence-corrected chi connectivity index (χ2v) is 7.90. The Hall–Kier alpha value is -2.96. The first-order valence-corrected chi connectivity index (χ1v) is 11.2. The standard InChI is InChI=1S/C26H36N4O2/c1-19-17-23(21-9-5-7-11-25(21)31-3)29-16-14-28-20(2)18-24(30-15-13-27-19)22-10-6-8-12-26(22)32-4/h5-12,17-18,23-24,27-30H,13-16H2,1-4H3/b19-17-,20-18-. The van der Waals surface area contributed by atoms with Crippen molar-refractivity contribution >= 4 is 0 Å². The van der Waals surface area contributed by atoms with Crippen LogP contribution >= 0.6 is 0 Å². The van der Waals surface area contributed by atoms with Crippen molar-refractivity contribution in [3.8, 4) is 11.5 Å². The van der Waals surface area contributed by atoms with E-state index in [0.717, 1.165) is 60.2 Å². The summed E-state index contributed by atoms with van der Waals surface area (Å²) in [5.41, 5.74) is 4.51. The lowest BCUT2D eigenvalue weighted by molar-refractivity contribution is 0.403. The van der Waals surface area contributed by atoms with Gasteiger partial charge in [0.15, 0.2) is 0 Å². The van der Waals surface area contributed by atoms with Crippen LogP contribution in [0.15, 0.2) is 72.1 Å². The summed E-state index contributed by atoms with van der Waals surface area (Å²) < 4.78 is 11.2. The van der Waals surface area contributed by atoms with Gasteiger partial charge in [0.1, 0.15) is 11.5 Å². The van der Waals surface area contributed by atoms with Gasteiger partial charge in [-0.2, -0.15) is 0 Å². The lowest BCUT2D eigenvalue weighted by atomic mass is 10.0. The zero-order chi connectivity index (χ0) is 22.8. The number of methoxy groups -OCH3 is 2. The molecule has 0 spiro atoms. The lowest BCUT2D eigenvalue weighted by Crippen LogP contribution is -2.33. The van der Waals surface area contributed by atoms with Crippen LogP contribution in [-0.2, 0) is 0 Å². The second-order valence-electron chi connectivity index (χ2n) is 7.90. The van der Waals surface area contributed by atoms with Gasteiger partial charge in [-0.05, 0) is 38.1 Å². The van der Waals surface area contributed by atoms with E-state index in [9.17, 15) is 0 Å². The van der Waals surface area contributed by atoms with Crippen molar-refractivity contribution in [2.45, 2.75) is 25.9 Å². The van der Waals surface area contributed by atoms with E-state index in [1.165, 1.54) is 0 Å². The molecule has 32 heavy (non-hydrogen) atoms. The van der Waals surface area contributed by atoms with Crippen LogP contribution in [0.25, 0.3) is 0 Å². The first kappa shape index (κ1) is 23.7. The summed E-state index contributed by atoms with van der Waals surface area (Å²) in [6.45, 7) is 7.46. The minimum absolute atomic E-state index is 0.0574. The zero-order valence-corrected chi connectivity index (χ0v) is 19.6. The summed E-state index contributed by atoms with van der Waals surface area (Å²) in [6.07, 6.45) is 4.45. The molecular weight excluding hydrogens is 400 g/mol. The second kappa shape index (κ2) is 12.2. The van der Waals surface area contributed by atoms with Crippen LogP contribution in [0.5, 0.6) is 11.5 Å². The molecule has 6 nitrogen and oxygen atoms in total. The number of hydrogen-bond donors (Lipinski definition) is 4. The molecule has 2 unspecified atom stereocenters. The van der Waals surface area contributed by atoms with Crippen molar-refractivity contribution in [3.05, 3.63) is 83.2 Å². The Kier molecular flexibility index (Phi) is 9.01. The first-order chi connectivity index (χ1) is 15.6. The minimum Gasteiger partial charge on any atom is -0.496 e. The fourth-order valence-electron chi connectivity index (χ4n) is 3.96. The highest BCUT2D eigenvalue weighted by Crippen LogP contribution is 2.27. The molecule has 0 aromatic heterocycles. The van der Waals surface area contributed by atoms with Crippen LogP contribution < -0.4 is 30.7 Å². The Morgan fingerprint density at radius 3 is 1.44 bits per heavy atom. The molecule has 2 atom stereocenters. The zero-order valence-electron chi connectivity index (χ0n) is 19.6. The van der Waals surface area contributed by atoms with Gasteiger partial charge in [0.25, 0.3) is 0 Å². The molecule has 4 N–H and O–H groups in total. The maximum atomic E-state index is 5.60. The molecule has 172 valence electrons. The maximum Gasteiger partial charge on any atom is 0.123 e. The number of allylic oxidation sites excluding steroid dienone is 2. The highest BCUT2D eigenvalue weighted by Gasteiger charge is 2.16. The number of hydrogen-bond acceptors (Lipinski definition) is 6. The molecule has 0 saturated heterocycles. The highest BCUT2D eigenvalue weighted by molar-refractivity contribution is 5.39. The number of nitrogens with one attached hydrogen (secondary N) is 4. The topological polar surface area (TPSA) is 66.6 Å². The van der Waals surface area contributed by atoms with E-state index < -0.39 is 0 Å². The van der Waals surface area contributed by atoms with Crippen LogP contribution in [-0.4, -0.2) is 40.4 Å². The average Bonchev–Trinajstić information content (AvgIpc) is 2.82. The number of para-hydroxylation sites is 2. The molecule has 1 aliphatic heterocycles. The monoisotopic (exact) mass is 436 g/mol. The Labute approximate surface area is 192 Å². The quantitative estimate of drug-likeness (QED) is 0.587. The third-order valence-electron chi connectivity index (χ3n) is 5.57. The van der Waals surface area contributed by atoms with Crippen LogP contribution in [0.4, 0.5) is 0 Å². The van der Waals surface area contributed by atoms with Gasteiger partial charge >= 0.3 is 0 Å². The summed E-state index contributed by atoms with van der Waals surface area (Å²) in [5, 5.41) is 14.4. The molecule has 0 radical (unpaired) electrons. The van der Waals surface area contributed by atoms with Crippen LogP contribution in [0.3, 0.4) is 0 Å². The molecule has 0 amide bonds. The van der Waals surface area contributed by atoms with E-state index in [2.05, 4.69) is 71.5 Å². The SMILES string of the molecule is COc1ccccc1C1/C=C(/C)NCCNC(c2ccccc2OC)/C=C(/C)NCCN1. The Balaban J connectivity index is 1.79. The highest BCUT2D eigenvalue weighted by atomic mass is 16.5. The molecule has 1 heterocycles. The third-order valence-corrected chi connectivity index (χ3v) is 5.57. The van der Waals surface area contributed by atoms with Crippen molar-refractivity contribution in [3.63, 3.8) is 0 Å². The van der Waals surface area contributed by atoms with Gasteiger partial charge in [-0.25, -0.2) is 0 Å².